The van der Waals surface area contributed by atoms with Crippen LogP contribution in [0.15, 0.2) is 47.8 Å². The minimum atomic E-state index is -0.241. The first kappa shape index (κ1) is 21.1. The number of carbonyl (C=O) groups is 2. The molecule has 1 aromatic heterocycles. The molecule has 0 aliphatic heterocycles. The molecule has 0 bridgehead atoms. The van der Waals surface area contributed by atoms with Gasteiger partial charge in [0.2, 0.25) is 11.8 Å². The van der Waals surface area contributed by atoms with Gasteiger partial charge >= 0.3 is 0 Å². The van der Waals surface area contributed by atoms with Gasteiger partial charge in [0.1, 0.15) is 17.4 Å². The van der Waals surface area contributed by atoms with E-state index in [1.807, 2.05) is 5.38 Å². The summed E-state index contributed by atoms with van der Waals surface area (Å²) < 4.78 is 5.66. The van der Waals surface area contributed by atoms with Crippen LogP contribution in [0.5, 0.6) is 5.75 Å². The molecular weight excluding hydrogens is 433 g/mol. The summed E-state index contributed by atoms with van der Waals surface area (Å²) in [6, 6.07) is 11.9. The van der Waals surface area contributed by atoms with E-state index in [9.17, 15) is 9.59 Å². The minimum Gasteiger partial charge on any atom is -0.486 e. The molecule has 0 aliphatic rings. The second-order valence-electron chi connectivity index (χ2n) is 6.08. The molecule has 0 radical (unpaired) electrons. The Morgan fingerprint density at radius 1 is 1.10 bits per heavy atom. The van der Waals surface area contributed by atoms with E-state index in [1.54, 1.807) is 42.5 Å². The lowest BCUT2D eigenvalue weighted by Gasteiger charge is -2.09. The van der Waals surface area contributed by atoms with Crippen LogP contribution in [0.3, 0.4) is 0 Å². The van der Waals surface area contributed by atoms with E-state index >= 15 is 0 Å². The molecule has 2 aromatic carbocycles. The Hall–Kier alpha value is -2.61. The predicted octanol–water partition coefficient (Wildman–Crippen LogP) is 5.17. The third-order valence-electron chi connectivity index (χ3n) is 3.68. The highest BCUT2D eigenvalue weighted by atomic mass is 35.5. The van der Waals surface area contributed by atoms with E-state index in [-0.39, 0.29) is 18.2 Å². The Labute approximate surface area is 181 Å². The Kier molecular flexibility index (Phi) is 7.09. The highest BCUT2D eigenvalue weighted by Gasteiger charge is 2.11. The van der Waals surface area contributed by atoms with Crippen molar-refractivity contribution in [2.75, 3.05) is 10.6 Å². The van der Waals surface area contributed by atoms with Gasteiger partial charge in [0.05, 0.1) is 22.8 Å². The van der Waals surface area contributed by atoms with Gasteiger partial charge in [0, 0.05) is 23.0 Å². The highest BCUT2D eigenvalue weighted by Crippen LogP contribution is 2.26. The molecule has 6 nitrogen and oxygen atoms in total. The number of amides is 2. The molecule has 0 saturated carbocycles. The average Bonchev–Trinajstić information content (AvgIpc) is 3.10. The summed E-state index contributed by atoms with van der Waals surface area (Å²) in [6.45, 7) is 1.72. The molecule has 150 valence electrons. The lowest BCUT2D eigenvalue weighted by molar-refractivity contribution is -0.116. The molecule has 1 heterocycles. The molecule has 9 heteroatoms. The molecule has 3 aromatic rings. The van der Waals surface area contributed by atoms with Crippen LogP contribution < -0.4 is 15.4 Å². The molecule has 0 atom stereocenters. The quantitative estimate of drug-likeness (QED) is 0.521. The van der Waals surface area contributed by atoms with Gasteiger partial charge in [0.25, 0.3) is 0 Å². The monoisotopic (exact) mass is 449 g/mol. The third-order valence-corrected chi connectivity index (χ3v) is 5.12. The third kappa shape index (κ3) is 6.45. The number of anilines is 2. The van der Waals surface area contributed by atoms with Crippen molar-refractivity contribution in [1.82, 2.24) is 4.98 Å². The van der Waals surface area contributed by atoms with Crippen molar-refractivity contribution < 1.29 is 14.3 Å². The fourth-order valence-electron chi connectivity index (χ4n) is 2.43. The van der Waals surface area contributed by atoms with Crippen LogP contribution in [-0.2, 0) is 22.6 Å². The van der Waals surface area contributed by atoms with E-state index in [0.717, 1.165) is 5.01 Å². The maximum absolute atomic E-state index is 12.3. The van der Waals surface area contributed by atoms with Gasteiger partial charge in [-0.25, -0.2) is 4.98 Å². The number of benzene rings is 2. The second-order valence-corrected chi connectivity index (χ2v) is 7.86. The SMILES string of the molecule is CC(=O)Nc1ccc(NC(=O)Cc2csc(COc3ccc(Cl)cc3)n2)c(Cl)c1. The van der Waals surface area contributed by atoms with Gasteiger partial charge in [-0.3, -0.25) is 9.59 Å². The molecule has 29 heavy (non-hydrogen) atoms. The summed E-state index contributed by atoms with van der Waals surface area (Å²) >= 11 is 13.4. The summed E-state index contributed by atoms with van der Waals surface area (Å²) in [5.41, 5.74) is 1.67. The maximum atomic E-state index is 12.3. The molecule has 3 rings (SSSR count). The Bertz CT molecular complexity index is 1020. The normalized spacial score (nSPS) is 10.4. The largest absolute Gasteiger partial charge is 0.486 e. The summed E-state index contributed by atoms with van der Waals surface area (Å²) in [7, 11) is 0. The number of aromatic nitrogens is 1. The first-order valence-corrected chi connectivity index (χ1v) is 10.2. The average molecular weight is 450 g/mol. The van der Waals surface area contributed by atoms with Crippen molar-refractivity contribution >= 4 is 57.7 Å². The van der Waals surface area contributed by atoms with E-state index in [1.165, 1.54) is 18.3 Å². The van der Waals surface area contributed by atoms with Crippen LogP contribution in [0.1, 0.15) is 17.6 Å². The second kappa shape index (κ2) is 9.73. The fraction of sp³-hybridized carbons (Fsp3) is 0.150. The predicted molar refractivity (Wildman–Crippen MR) is 116 cm³/mol. The van der Waals surface area contributed by atoms with Crippen LogP contribution in [0.2, 0.25) is 10.0 Å². The van der Waals surface area contributed by atoms with Crippen molar-refractivity contribution in [3.63, 3.8) is 0 Å². The lowest BCUT2D eigenvalue weighted by Crippen LogP contribution is -2.15. The highest BCUT2D eigenvalue weighted by molar-refractivity contribution is 7.09. The van der Waals surface area contributed by atoms with Crippen molar-refractivity contribution in [3.8, 4) is 5.75 Å². The smallest absolute Gasteiger partial charge is 0.230 e. The first-order chi connectivity index (χ1) is 13.9. The number of hydrogen-bond acceptors (Lipinski definition) is 5. The number of hydrogen-bond donors (Lipinski definition) is 2. The summed E-state index contributed by atoms with van der Waals surface area (Å²) in [4.78, 5) is 27.8. The van der Waals surface area contributed by atoms with Crippen LogP contribution in [0.25, 0.3) is 0 Å². The first-order valence-electron chi connectivity index (χ1n) is 8.57. The van der Waals surface area contributed by atoms with E-state index < -0.39 is 0 Å². The number of nitrogens with zero attached hydrogens (tertiary/aromatic N) is 1. The fourth-order valence-corrected chi connectivity index (χ4v) is 3.49. The van der Waals surface area contributed by atoms with Gasteiger partial charge in [0.15, 0.2) is 0 Å². The van der Waals surface area contributed by atoms with Gasteiger partial charge in [-0.1, -0.05) is 23.2 Å². The summed E-state index contributed by atoms with van der Waals surface area (Å²) in [5, 5.41) is 8.94. The summed E-state index contributed by atoms with van der Waals surface area (Å²) in [5.74, 6) is 0.258. The van der Waals surface area contributed by atoms with Gasteiger partial charge < -0.3 is 15.4 Å². The van der Waals surface area contributed by atoms with Crippen molar-refractivity contribution in [3.05, 3.63) is 68.6 Å². The topological polar surface area (TPSA) is 80.3 Å². The van der Waals surface area contributed by atoms with Crippen LogP contribution in [0, 0.1) is 0 Å². The molecule has 0 fully saturated rings. The molecule has 0 saturated heterocycles. The van der Waals surface area contributed by atoms with Crippen molar-refractivity contribution in [2.24, 2.45) is 0 Å². The van der Waals surface area contributed by atoms with Crippen LogP contribution in [0.4, 0.5) is 11.4 Å². The number of halogens is 2. The Balaban J connectivity index is 1.53. The van der Waals surface area contributed by atoms with Crippen molar-refractivity contribution in [2.45, 2.75) is 20.0 Å². The lowest BCUT2D eigenvalue weighted by atomic mass is 10.2. The molecule has 0 aliphatic carbocycles. The molecule has 2 amide bonds. The van der Waals surface area contributed by atoms with E-state index in [2.05, 4.69) is 15.6 Å². The van der Waals surface area contributed by atoms with Crippen LogP contribution >= 0.6 is 34.5 Å². The molecular formula is C20H17Cl2N3O3S. The molecule has 0 spiro atoms. The number of nitrogens with one attached hydrogen (secondary N) is 2. The molecule has 2 N–H and O–H groups in total. The van der Waals surface area contributed by atoms with Crippen molar-refractivity contribution in [1.29, 1.82) is 0 Å². The standard InChI is InChI=1S/C20H17Cl2N3O3S/c1-12(26)23-14-4-7-18(17(22)8-14)25-19(27)9-15-11-29-20(24-15)10-28-16-5-2-13(21)3-6-16/h2-8,11H,9-10H2,1H3,(H,23,26)(H,25,27). The van der Waals surface area contributed by atoms with Gasteiger partial charge in [-0.15, -0.1) is 11.3 Å². The number of carbonyl (C=O) groups excluding carboxylic acids is 2. The molecule has 0 unspecified atom stereocenters. The van der Waals surface area contributed by atoms with Gasteiger partial charge in [-0.05, 0) is 42.5 Å². The Morgan fingerprint density at radius 3 is 2.55 bits per heavy atom. The Morgan fingerprint density at radius 2 is 1.86 bits per heavy atom. The van der Waals surface area contributed by atoms with E-state index in [4.69, 9.17) is 27.9 Å². The van der Waals surface area contributed by atoms with Crippen LogP contribution in [-0.4, -0.2) is 16.8 Å². The maximum Gasteiger partial charge on any atom is 0.230 e. The number of rotatable bonds is 7. The number of thiazole rings is 1. The number of ether oxygens (including phenoxy) is 1. The summed E-state index contributed by atoms with van der Waals surface area (Å²) in [6.07, 6.45) is 0.112. The van der Waals surface area contributed by atoms with E-state index in [0.29, 0.717) is 39.5 Å². The zero-order valence-electron chi connectivity index (χ0n) is 15.4. The zero-order valence-corrected chi connectivity index (χ0v) is 17.7. The van der Waals surface area contributed by atoms with Gasteiger partial charge in [-0.2, -0.15) is 0 Å². The zero-order chi connectivity index (χ0) is 20.8. The minimum absolute atomic E-state index is 0.112.